The standard InChI is InChI=1S/C19H22ClN3O3/c1-2-22(12-17(24)25)15-5-8-23(9-6-15)19(26)16-11-14(20)10-13-4-3-7-21-18(13)16/h3-4,7,10-11,15H,2,5-6,8-9,12H2,1H3,(H,24,25). The van der Waals surface area contributed by atoms with E-state index in [-0.39, 0.29) is 18.5 Å². The van der Waals surface area contributed by atoms with Gasteiger partial charge in [0.1, 0.15) is 0 Å². The van der Waals surface area contributed by atoms with Crippen molar-refractivity contribution in [2.45, 2.75) is 25.8 Å². The molecular formula is C19H22ClN3O3. The van der Waals surface area contributed by atoms with Gasteiger partial charge < -0.3 is 10.0 Å². The summed E-state index contributed by atoms with van der Waals surface area (Å²) in [4.78, 5) is 32.1. The van der Waals surface area contributed by atoms with Gasteiger partial charge in [-0.2, -0.15) is 0 Å². The van der Waals surface area contributed by atoms with Crippen molar-refractivity contribution in [2.24, 2.45) is 0 Å². The van der Waals surface area contributed by atoms with Gasteiger partial charge in [0.05, 0.1) is 17.6 Å². The number of likely N-dealkylation sites (N-methyl/N-ethyl adjacent to an activating group) is 1. The molecule has 0 unspecified atom stereocenters. The molecule has 1 saturated heterocycles. The molecule has 138 valence electrons. The third-order valence-corrected chi connectivity index (χ3v) is 5.13. The molecule has 1 aromatic heterocycles. The number of aromatic nitrogens is 1. The lowest BCUT2D eigenvalue weighted by atomic mass is 10.0. The first-order valence-electron chi connectivity index (χ1n) is 8.79. The summed E-state index contributed by atoms with van der Waals surface area (Å²) in [5, 5.41) is 10.4. The van der Waals surface area contributed by atoms with Crippen LogP contribution in [0, 0.1) is 0 Å². The molecule has 7 heteroatoms. The zero-order chi connectivity index (χ0) is 18.7. The molecule has 1 N–H and O–H groups in total. The molecule has 0 saturated carbocycles. The number of rotatable bonds is 5. The largest absolute Gasteiger partial charge is 0.480 e. The Kier molecular flexibility index (Phi) is 5.74. The second-order valence-corrected chi connectivity index (χ2v) is 6.95. The molecule has 1 amide bonds. The fourth-order valence-corrected chi connectivity index (χ4v) is 3.82. The molecule has 0 atom stereocenters. The number of aliphatic carboxylic acids is 1. The van der Waals surface area contributed by atoms with Crippen LogP contribution in [-0.4, -0.2) is 64.0 Å². The molecule has 26 heavy (non-hydrogen) atoms. The first kappa shape index (κ1) is 18.6. The lowest BCUT2D eigenvalue weighted by molar-refractivity contribution is -0.139. The van der Waals surface area contributed by atoms with E-state index in [1.165, 1.54) is 0 Å². The highest BCUT2D eigenvalue weighted by Gasteiger charge is 2.28. The van der Waals surface area contributed by atoms with Crippen LogP contribution in [0.4, 0.5) is 0 Å². The van der Waals surface area contributed by atoms with Crippen molar-refractivity contribution in [2.75, 3.05) is 26.2 Å². The van der Waals surface area contributed by atoms with E-state index >= 15 is 0 Å². The molecule has 1 aliphatic rings. The SMILES string of the molecule is CCN(CC(=O)O)C1CCN(C(=O)c2cc(Cl)cc3cccnc23)CC1. The van der Waals surface area contributed by atoms with Crippen LogP contribution >= 0.6 is 11.6 Å². The Bertz CT molecular complexity index is 819. The second-order valence-electron chi connectivity index (χ2n) is 6.51. The Balaban J connectivity index is 1.74. The number of pyridine rings is 1. The Labute approximate surface area is 157 Å². The quantitative estimate of drug-likeness (QED) is 0.869. The Hall–Kier alpha value is -2.18. The molecule has 1 fully saturated rings. The van der Waals surface area contributed by atoms with Crippen LogP contribution in [-0.2, 0) is 4.79 Å². The highest BCUT2D eigenvalue weighted by molar-refractivity contribution is 6.32. The van der Waals surface area contributed by atoms with Gasteiger partial charge in [-0.15, -0.1) is 0 Å². The number of halogens is 1. The second kappa shape index (κ2) is 8.01. The predicted molar refractivity (Wildman–Crippen MR) is 101 cm³/mol. The van der Waals surface area contributed by atoms with Crippen molar-refractivity contribution in [1.29, 1.82) is 0 Å². The van der Waals surface area contributed by atoms with Gasteiger partial charge >= 0.3 is 5.97 Å². The number of benzene rings is 1. The molecule has 2 aromatic rings. The zero-order valence-electron chi connectivity index (χ0n) is 14.7. The highest BCUT2D eigenvalue weighted by atomic mass is 35.5. The van der Waals surface area contributed by atoms with E-state index in [1.807, 2.05) is 28.9 Å². The van der Waals surface area contributed by atoms with Crippen LogP contribution in [0.15, 0.2) is 30.5 Å². The maximum Gasteiger partial charge on any atom is 0.317 e. The Morgan fingerprint density at radius 3 is 2.73 bits per heavy atom. The fraction of sp³-hybridized carbons (Fsp3) is 0.421. The zero-order valence-corrected chi connectivity index (χ0v) is 15.4. The molecule has 3 rings (SSSR count). The number of likely N-dealkylation sites (tertiary alicyclic amines) is 1. The van der Waals surface area contributed by atoms with E-state index in [2.05, 4.69) is 4.98 Å². The highest BCUT2D eigenvalue weighted by Crippen LogP contribution is 2.25. The van der Waals surface area contributed by atoms with Gasteiger partial charge in [0.25, 0.3) is 5.91 Å². The summed E-state index contributed by atoms with van der Waals surface area (Å²) in [6, 6.07) is 7.38. The normalized spacial score (nSPS) is 15.6. The summed E-state index contributed by atoms with van der Waals surface area (Å²) >= 11 is 6.18. The minimum atomic E-state index is -0.818. The number of fused-ring (bicyclic) bond motifs is 1. The number of amides is 1. The summed E-state index contributed by atoms with van der Waals surface area (Å²) in [5.41, 5.74) is 1.18. The monoisotopic (exact) mass is 375 g/mol. The first-order valence-corrected chi connectivity index (χ1v) is 9.16. The number of carboxylic acid groups (broad SMARTS) is 1. The van der Waals surface area contributed by atoms with Crippen molar-refractivity contribution in [3.05, 3.63) is 41.0 Å². The van der Waals surface area contributed by atoms with Crippen LogP contribution in [0.2, 0.25) is 5.02 Å². The van der Waals surface area contributed by atoms with Crippen LogP contribution in [0.3, 0.4) is 0 Å². The fourth-order valence-electron chi connectivity index (χ4n) is 3.60. The Morgan fingerprint density at radius 2 is 2.08 bits per heavy atom. The van der Waals surface area contributed by atoms with Crippen molar-refractivity contribution in [3.8, 4) is 0 Å². The topological polar surface area (TPSA) is 73.7 Å². The van der Waals surface area contributed by atoms with E-state index in [1.54, 1.807) is 18.3 Å². The van der Waals surface area contributed by atoms with E-state index in [4.69, 9.17) is 16.7 Å². The van der Waals surface area contributed by atoms with Gasteiger partial charge in [-0.1, -0.05) is 24.6 Å². The van der Waals surface area contributed by atoms with Crippen molar-refractivity contribution in [3.63, 3.8) is 0 Å². The van der Waals surface area contributed by atoms with Gasteiger partial charge in [0, 0.05) is 35.7 Å². The molecule has 0 aliphatic carbocycles. The minimum Gasteiger partial charge on any atom is -0.480 e. The maximum atomic E-state index is 13.0. The maximum absolute atomic E-state index is 13.0. The number of nitrogens with zero attached hydrogens (tertiary/aromatic N) is 3. The summed E-state index contributed by atoms with van der Waals surface area (Å²) in [6.07, 6.45) is 3.20. The number of carbonyl (C=O) groups excluding carboxylic acids is 1. The van der Waals surface area contributed by atoms with Gasteiger partial charge in [0.15, 0.2) is 0 Å². The molecule has 1 aliphatic heterocycles. The average Bonchev–Trinajstić information content (AvgIpc) is 2.65. The van der Waals surface area contributed by atoms with Gasteiger partial charge in [-0.05, 0) is 37.6 Å². The van der Waals surface area contributed by atoms with Crippen molar-refractivity contribution >= 4 is 34.4 Å². The van der Waals surface area contributed by atoms with E-state index in [9.17, 15) is 9.59 Å². The lowest BCUT2D eigenvalue weighted by Gasteiger charge is -2.37. The molecule has 1 aromatic carbocycles. The van der Waals surface area contributed by atoms with Crippen LogP contribution in [0.25, 0.3) is 10.9 Å². The first-order chi connectivity index (χ1) is 12.5. The third-order valence-electron chi connectivity index (χ3n) is 4.91. The number of hydrogen-bond acceptors (Lipinski definition) is 4. The van der Waals surface area contributed by atoms with Crippen LogP contribution < -0.4 is 0 Å². The summed E-state index contributed by atoms with van der Waals surface area (Å²) in [7, 11) is 0. The lowest BCUT2D eigenvalue weighted by Crippen LogP contribution is -2.48. The van der Waals surface area contributed by atoms with E-state index < -0.39 is 5.97 Å². The van der Waals surface area contributed by atoms with E-state index in [0.29, 0.717) is 35.7 Å². The molecule has 0 bridgehead atoms. The molecular weight excluding hydrogens is 354 g/mol. The third kappa shape index (κ3) is 3.97. The van der Waals surface area contributed by atoms with Crippen LogP contribution in [0.1, 0.15) is 30.1 Å². The van der Waals surface area contributed by atoms with E-state index in [0.717, 1.165) is 18.2 Å². The number of hydrogen-bond donors (Lipinski definition) is 1. The Morgan fingerprint density at radius 1 is 1.35 bits per heavy atom. The molecule has 6 nitrogen and oxygen atoms in total. The summed E-state index contributed by atoms with van der Waals surface area (Å²) in [6.45, 7) is 3.89. The van der Waals surface area contributed by atoms with Crippen LogP contribution in [0.5, 0.6) is 0 Å². The predicted octanol–water partition coefficient (Wildman–Crippen LogP) is 2.90. The number of piperidine rings is 1. The molecule has 0 radical (unpaired) electrons. The van der Waals surface area contributed by atoms with Crippen molar-refractivity contribution < 1.29 is 14.7 Å². The average molecular weight is 376 g/mol. The smallest absolute Gasteiger partial charge is 0.317 e. The summed E-state index contributed by atoms with van der Waals surface area (Å²) in [5.74, 6) is -0.891. The number of carbonyl (C=O) groups is 2. The van der Waals surface area contributed by atoms with Crippen molar-refractivity contribution in [1.82, 2.24) is 14.8 Å². The molecule has 0 spiro atoms. The van der Waals surface area contributed by atoms with Gasteiger partial charge in [0.2, 0.25) is 0 Å². The minimum absolute atomic E-state index is 0.0396. The molecule has 2 heterocycles. The van der Waals surface area contributed by atoms with Gasteiger partial charge in [-0.25, -0.2) is 0 Å². The number of carboxylic acids is 1. The summed E-state index contributed by atoms with van der Waals surface area (Å²) < 4.78 is 0. The van der Waals surface area contributed by atoms with Gasteiger partial charge in [-0.3, -0.25) is 19.5 Å².